The van der Waals surface area contributed by atoms with Crippen molar-refractivity contribution in [3.05, 3.63) is 0 Å². The lowest BCUT2D eigenvalue weighted by molar-refractivity contribution is 0.363. The molecule has 0 saturated carbocycles. The van der Waals surface area contributed by atoms with Gasteiger partial charge < -0.3 is 4.90 Å². The molecule has 0 radical (unpaired) electrons. The Morgan fingerprint density at radius 3 is 2.15 bits per heavy atom. The van der Waals surface area contributed by atoms with Crippen molar-refractivity contribution in [2.75, 3.05) is 20.6 Å². The van der Waals surface area contributed by atoms with Crippen molar-refractivity contribution in [2.45, 2.75) is 52.4 Å². The molecule has 0 aromatic rings. The minimum absolute atomic E-state index is 0.993. The Hall–Kier alpha value is -0.0400. The number of unbranched alkanes of at least 4 members (excludes halogenated alkanes) is 1. The summed E-state index contributed by atoms with van der Waals surface area (Å²) >= 11 is 0. The second-order valence-corrected chi connectivity index (χ2v) is 4.36. The normalized spacial score (nSPS) is 13.6. The van der Waals surface area contributed by atoms with E-state index in [4.69, 9.17) is 0 Å². The van der Waals surface area contributed by atoms with Crippen molar-refractivity contribution < 1.29 is 0 Å². The molecule has 0 rings (SSSR count). The van der Waals surface area contributed by atoms with E-state index in [1.54, 1.807) is 0 Å². The SMILES string of the molecule is CCCC(CC)CCCC[16N](C)C. The lowest BCUT2D eigenvalue weighted by Gasteiger charge is -2.14. The first kappa shape index (κ1) is 13.0. The molecule has 0 amide bonds. The standard InChI is InChI=1S/C12H27N/c1-5-9-12(6-2)10-7-8-11-13(3)4/h12H,5-11H2,1-4H3/i13+2. The Bertz CT molecular complexity index is 99.3. The van der Waals surface area contributed by atoms with Crippen molar-refractivity contribution in [1.29, 1.82) is 0 Å². The molecule has 0 aromatic heterocycles. The van der Waals surface area contributed by atoms with Crippen LogP contribution in [-0.2, 0) is 0 Å². The summed E-state index contributed by atoms with van der Waals surface area (Å²) in [6.07, 6.45) is 8.38. The molecule has 13 heavy (non-hydrogen) atoms. The maximum Gasteiger partial charge on any atom is -0.00248 e. The molecule has 0 aliphatic rings. The highest BCUT2D eigenvalue weighted by atomic mass is 16.7. The molecule has 0 heterocycles. The quantitative estimate of drug-likeness (QED) is 0.525. The van der Waals surface area contributed by atoms with Crippen LogP contribution in [0.1, 0.15) is 52.4 Å². The topological polar surface area (TPSA) is 3.24 Å². The van der Waals surface area contributed by atoms with E-state index in [-0.39, 0.29) is 0 Å². The van der Waals surface area contributed by atoms with Gasteiger partial charge in [-0.1, -0.05) is 46.0 Å². The van der Waals surface area contributed by atoms with Crippen LogP contribution in [0.2, 0.25) is 0 Å². The van der Waals surface area contributed by atoms with Crippen LogP contribution in [0.5, 0.6) is 0 Å². The molecule has 80 valence electrons. The van der Waals surface area contributed by atoms with Crippen molar-refractivity contribution in [3.63, 3.8) is 0 Å². The van der Waals surface area contributed by atoms with Crippen LogP contribution in [0.15, 0.2) is 0 Å². The summed E-state index contributed by atoms with van der Waals surface area (Å²) in [6.45, 7) is 5.87. The maximum absolute atomic E-state index is 2.33. The molecule has 0 bridgehead atoms. The molecule has 0 N–H and O–H groups in total. The van der Waals surface area contributed by atoms with Crippen LogP contribution < -0.4 is 0 Å². The number of nitrogens with zero attached hydrogens (tertiary/aromatic N) is 1. The highest BCUT2D eigenvalue weighted by Gasteiger charge is 2.04. The Morgan fingerprint density at radius 1 is 1.00 bits per heavy atom. The summed E-state index contributed by atoms with van der Waals surface area (Å²) in [7, 11) is 4.31. The lowest BCUT2D eigenvalue weighted by Crippen LogP contribution is -2.13. The zero-order chi connectivity index (χ0) is 10.1. The minimum atomic E-state index is 0.993. The van der Waals surface area contributed by atoms with Crippen molar-refractivity contribution in [2.24, 2.45) is 5.92 Å². The third-order valence-electron chi connectivity index (χ3n) is 2.74. The summed E-state index contributed by atoms with van der Waals surface area (Å²) in [5.74, 6) is 0.993. The van der Waals surface area contributed by atoms with Gasteiger partial charge in [-0.15, -0.1) is 0 Å². The number of hydrogen-bond acceptors (Lipinski definition) is 1. The highest BCUT2D eigenvalue weighted by Crippen LogP contribution is 2.17. The summed E-state index contributed by atoms with van der Waals surface area (Å²) in [5.41, 5.74) is 0. The van der Waals surface area contributed by atoms with Crippen molar-refractivity contribution in [1.82, 2.24) is 4.90 Å². The Morgan fingerprint density at radius 2 is 1.69 bits per heavy atom. The summed E-state index contributed by atoms with van der Waals surface area (Å²) in [4.78, 5) is 2.28. The van der Waals surface area contributed by atoms with Crippen molar-refractivity contribution >= 4 is 0 Å². The average molecular weight is 187 g/mol. The summed E-state index contributed by atoms with van der Waals surface area (Å²) < 4.78 is 0. The van der Waals surface area contributed by atoms with E-state index in [9.17, 15) is 0 Å². The summed E-state index contributed by atoms with van der Waals surface area (Å²) in [6, 6.07) is 0. The van der Waals surface area contributed by atoms with Gasteiger partial charge >= 0.3 is 0 Å². The molecule has 0 saturated heterocycles. The van der Waals surface area contributed by atoms with Crippen LogP contribution in [0.25, 0.3) is 0 Å². The van der Waals surface area contributed by atoms with Gasteiger partial charge in [0.1, 0.15) is 0 Å². The fourth-order valence-electron chi connectivity index (χ4n) is 1.82. The zero-order valence-electron chi connectivity index (χ0n) is 9.97. The molecule has 0 aromatic carbocycles. The number of rotatable bonds is 8. The second-order valence-electron chi connectivity index (χ2n) is 4.36. The van der Waals surface area contributed by atoms with Gasteiger partial charge in [0.25, 0.3) is 0 Å². The average Bonchev–Trinajstić information content (AvgIpc) is 2.10. The molecule has 0 spiro atoms. The lowest BCUT2D eigenvalue weighted by atomic mass is 9.95. The van der Waals surface area contributed by atoms with E-state index in [0.29, 0.717) is 0 Å². The van der Waals surface area contributed by atoms with E-state index in [1.165, 1.54) is 45.1 Å². The van der Waals surface area contributed by atoms with Gasteiger partial charge in [0.15, 0.2) is 0 Å². The molecular formula is C12H27N. The number of hydrogen-bond donors (Lipinski definition) is 0. The molecule has 1 unspecified atom stereocenters. The maximum atomic E-state index is 2.33. The Balaban J connectivity index is 3.27. The predicted molar refractivity (Wildman–Crippen MR) is 61.1 cm³/mol. The van der Waals surface area contributed by atoms with Crippen LogP contribution in [0, 0.1) is 5.92 Å². The third kappa shape index (κ3) is 8.29. The van der Waals surface area contributed by atoms with E-state index >= 15 is 0 Å². The minimum Gasteiger partial charge on any atom is -0.309 e. The van der Waals surface area contributed by atoms with Crippen LogP contribution in [-0.4, -0.2) is 25.5 Å². The van der Waals surface area contributed by atoms with Crippen LogP contribution >= 0.6 is 0 Å². The first-order chi connectivity index (χ1) is 6.20. The zero-order valence-corrected chi connectivity index (χ0v) is 9.97. The third-order valence-corrected chi connectivity index (χ3v) is 2.74. The molecule has 1 nitrogen and oxygen atoms in total. The van der Waals surface area contributed by atoms with E-state index in [2.05, 4.69) is 32.8 Å². The van der Waals surface area contributed by atoms with Gasteiger partial charge in [-0.3, -0.25) is 0 Å². The molecule has 1 atom stereocenters. The Kier molecular flexibility index (Phi) is 8.53. The monoisotopic (exact) mass is 187 g/mol. The van der Waals surface area contributed by atoms with Gasteiger partial charge in [-0.05, 0) is 33.0 Å². The fourth-order valence-corrected chi connectivity index (χ4v) is 1.82. The smallest absolute Gasteiger partial charge is 0.00248 e. The van der Waals surface area contributed by atoms with Gasteiger partial charge in [0, 0.05) is 0 Å². The largest absolute Gasteiger partial charge is 0.309 e. The molecular weight excluding hydrogens is 160 g/mol. The van der Waals surface area contributed by atoms with Gasteiger partial charge in [0.2, 0.25) is 0 Å². The first-order valence-corrected chi connectivity index (χ1v) is 5.85. The highest BCUT2D eigenvalue weighted by molar-refractivity contribution is 4.57. The molecule has 0 aliphatic heterocycles. The van der Waals surface area contributed by atoms with E-state index in [0.717, 1.165) is 5.92 Å². The Labute approximate surface area is 84.5 Å². The van der Waals surface area contributed by atoms with E-state index in [1.807, 2.05) is 0 Å². The van der Waals surface area contributed by atoms with Crippen LogP contribution in [0.4, 0.5) is 0 Å². The molecule has 1 heteroatoms. The van der Waals surface area contributed by atoms with Gasteiger partial charge in [-0.2, -0.15) is 0 Å². The van der Waals surface area contributed by atoms with Crippen LogP contribution in [0.3, 0.4) is 0 Å². The predicted octanol–water partition coefficient (Wildman–Crippen LogP) is 3.54. The van der Waals surface area contributed by atoms with Gasteiger partial charge in [-0.25, -0.2) is 0 Å². The summed E-state index contributed by atoms with van der Waals surface area (Å²) in [5, 5.41) is 0. The second kappa shape index (κ2) is 8.55. The fraction of sp³-hybridized carbons (Fsp3) is 1.00. The molecule has 0 fully saturated rings. The first-order valence-electron chi connectivity index (χ1n) is 5.85. The van der Waals surface area contributed by atoms with E-state index < -0.39 is 0 Å². The molecule has 0 aliphatic carbocycles. The van der Waals surface area contributed by atoms with Gasteiger partial charge in [0.05, 0.1) is 0 Å². The van der Waals surface area contributed by atoms with Crippen molar-refractivity contribution in [3.8, 4) is 0 Å².